The highest BCUT2D eigenvalue weighted by Crippen LogP contribution is 2.28. The summed E-state index contributed by atoms with van der Waals surface area (Å²) in [6.45, 7) is 0.577. The average molecular weight is 508 g/mol. The molecule has 2 aromatic rings. The second kappa shape index (κ2) is 11.1. The van der Waals surface area contributed by atoms with Gasteiger partial charge in [-0.2, -0.15) is 8.78 Å². The normalized spacial score (nSPS) is 18.2. The smallest absolute Gasteiger partial charge is 0.414 e. The van der Waals surface area contributed by atoms with E-state index >= 15 is 4.39 Å². The van der Waals surface area contributed by atoms with Crippen LogP contribution in [0.4, 0.5) is 39.8 Å². The molecule has 0 aliphatic carbocycles. The van der Waals surface area contributed by atoms with Crippen molar-refractivity contribution in [2.45, 2.75) is 12.5 Å². The van der Waals surface area contributed by atoms with Gasteiger partial charge in [0, 0.05) is 31.2 Å². The van der Waals surface area contributed by atoms with Crippen LogP contribution >= 0.6 is 0 Å². The van der Waals surface area contributed by atoms with E-state index in [1.165, 1.54) is 17.2 Å². The van der Waals surface area contributed by atoms with Crippen LogP contribution in [0.3, 0.4) is 0 Å². The van der Waals surface area contributed by atoms with Crippen molar-refractivity contribution in [3.05, 3.63) is 48.5 Å². The molecule has 2 aliphatic rings. The number of nitrogens with zero attached hydrogens (tertiary/aromatic N) is 4. The average Bonchev–Trinajstić information content (AvgIpc) is 3.07. The second-order valence-corrected chi connectivity index (χ2v) is 7.89. The van der Waals surface area contributed by atoms with Crippen molar-refractivity contribution >= 4 is 35.1 Å². The first-order chi connectivity index (χ1) is 17.3. The Kier molecular flexibility index (Phi) is 7.73. The van der Waals surface area contributed by atoms with Crippen LogP contribution in [0.15, 0.2) is 42.7 Å². The highest BCUT2D eigenvalue weighted by molar-refractivity contribution is 5.90. The molecule has 1 aromatic carbocycles. The third-order valence-electron chi connectivity index (χ3n) is 5.50. The molecule has 14 heteroatoms. The minimum absolute atomic E-state index is 0.0414. The van der Waals surface area contributed by atoms with Crippen LogP contribution in [0.25, 0.3) is 0 Å². The monoisotopic (exact) mass is 508 g/mol. The number of aromatic nitrogens is 1. The molecule has 0 unspecified atom stereocenters. The van der Waals surface area contributed by atoms with E-state index in [1.807, 2.05) is 5.32 Å². The molecule has 4 rings (SSSR count). The van der Waals surface area contributed by atoms with E-state index in [0.29, 0.717) is 12.2 Å². The molecular formula is C22H23F3N6O5. The first-order valence-corrected chi connectivity index (χ1v) is 11.0. The molecule has 2 N–H and O–H groups in total. The van der Waals surface area contributed by atoms with Gasteiger partial charge in [0.15, 0.2) is 0 Å². The quantitative estimate of drug-likeness (QED) is 0.615. The Hall–Kier alpha value is -4.07. The summed E-state index contributed by atoms with van der Waals surface area (Å²) < 4.78 is 44.7. The maximum absolute atomic E-state index is 15.0. The molecule has 1 aromatic heterocycles. The third-order valence-corrected chi connectivity index (χ3v) is 5.50. The first-order valence-electron chi connectivity index (χ1n) is 11.0. The Morgan fingerprint density at radius 2 is 1.92 bits per heavy atom. The lowest BCUT2D eigenvalue weighted by Crippen LogP contribution is -2.37. The van der Waals surface area contributed by atoms with Crippen LogP contribution < -0.4 is 20.4 Å². The topological polar surface area (TPSA) is 116 Å². The highest BCUT2D eigenvalue weighted by Gasteiger charge is 2.33. The van der Waals surface area contributed by atoms with Gasteiger partial charge < -0.3 is 20.3 Å². The predicted octanol–water partition coefficient (Wildman–Crippen LogP) is 2.21. The molecule has 1 atom stereocenters. The minimum Gasteiger partial charge on any atom is -0.442 e. The van der Waals surface area contributed by atoms with Gasteiger partial charge in [-0.25, -0.2) is 19.0 Å². The Balaban J connectivity index is 1.35. The summed E-state index contributed by atoms with van der Waals surface area (Å²) in [4.78, 5) is 47.9. The molecule has 3 heterocycles. The molecule has 2 fully saturated rings. The molecule has 0 radical (unpaired) electrons. The lowest BCUT2D eigenvalue weighted by atomic mass is 10.2. The molecule has 2 aliphatic heterocycles. The number of urea groups is 1. The molecular weight excluding hydrogens is 485 g/mol. The molecule has 2 saturated heterocycles. The summed E-state index contributed by atoms with van der Waals surface area (Å²) in [6.07, 6.45) is -1.72. The summed E-state index contributed by atoms with van der Waals surface area (Å²) in [7, 11) is 0. The maximum Gasteiger partial charge on any atom is 0.414 e. The maximum atomic E-state index is 15.0. The Morgan fingerprint density at radius 1 is 1.14 bits per heavy atom. The highest BCUT2D eigenvalue weighted by atomic mass is 19.3. The zero-order chi connectivity index (χ0) is 25.7. The van der Waals surface area contributed by atoms with Gasteiger partial charge in [0.2, 0.25) is 0 Å². The lowest BCUT2D eigenvalue weighted by Gasteiger charge is -2.24. The standard InChI is InChI=1S/C22H23F3N6O5/c23-17-11-15(30-13-16(36-22(30)34)12-27-20(32)19(24)25)1-2-18(17)29-7-8-31(35-10-9-29)21(33)28-14-3-5-26-6-4-14/h1-6,11,16,19H,7-10,12-13H2,(H,27,32)(H,26,28,33)/t16-/m0/s1. The fourth-order valence-corrected chi connectivity index (χ4v) is 3.72. The minimum atomic E-state index is -3.17. The van der Waals surface area contributed by atoms with Crippen LogP contribution in [0.5, 0.6) is 0 Å². The Bertz CT molecular complexity index is 1110. The number of hydrogen-bond donors (Lipinski definition) is 2. The van der Waals surface area contributed by atoms with E-state index < -0.39 is 36.4 Å². The molecule has 0 spiro atoms. The van der Waals surface area contributed by atoms with Crippen molar-refractivity contribution < 1.29 is 37.1 Å². The fourth-order valence-electron chi connectivity index (χ4n) is 3.72. The van der Waals surface area contributed by atoms with Crippen LogP contribution in [0, 0.1) is 5.82 Å². The van der Waals surface area contributed by atoms with Gasteiger partial charge in [0.05, 0.1) is 37.6 Å². The van der Waals surface area contributed by atoms with Crippen LogP contribution in [-0.2, 0) is 14.4 Å². The van der Waals surface area contributed by atoms with Gasteiger partial charge in [-0.05, 0) is 30.3 Å². The summed E-state index contributed by atoms with van der Waals surface area (Å²) in [5, 5.41) is 5.85. The number of hydroxylamine groups is 2. The van der Waals surface area contributed by atoms with Crippen molar-refractivity contribution in [1.82, 2.24) is 15.4 Å². The molecule has 36 heavy (non-hydrogen) atoms. The molecule has 11 nitrogen and oxygen atoms in total. The molecule has 0 bridgehead atoms. The number of alkyl halides is 2. The zero-order valence-electron chi connectivity index (χ0n) is 18.9. The van der Waals surface area contributed by atoms with Crippen molar-refractivity contribution in [1.29, 1.82) is 0 Å². The number of rotatable bonds is 6. The van der Waals surface area contributed by atoms with Gasteiger partial charge in [0.25, 0.3) is 5.91 Å². The number of cyclic esters (lactones) is 1. The zero-order valence-corrected chi connectivity index (χ0v) is 18.9. The van der Waals surface area contributed by atoms with E-state index in [9.17, 15) is 23.2 Å². The van der Waals surface area contributed by atoms with Gasteiger partial charge in [-0.3, -0.25) is 19.5 Å². The SMILES string of the molecule is O=C(NC[C@H]1CN(c2ccc(N3CCON(C(=O)Nc4ccncc4)CC3)c(F)c2)C(=O)O1)C(F)F. The van der Waals surface area contributed by atoms with Crippen LogP contribution in [0.1, 0.15) is 0 Å². The second-order valence-electron chi connectivity index (χ2n) is 7.89. The van der Waals surface area contributed by atoms with Crippen molar-refractivity contribution in [2.75, 3.05) is 54.4 Å². The van der Waals surface area contributed by atoms with E-state index in [0.717, 1.165) is 11.0 Å². The largest absolute Gasteiger partial charge is 0.442 e. The van der Waals surface area contributed by atoms with Gasteiger partial charge in [-0.15, -0.1) is 0 Å². The number of pyridine rings is 1. The van der Waals surface area contributed by atoms with E-state index in [2.05, 4.69) is 10.3 Å². The van der Waals surface area contributed by atoms with Crippen LogP contribution in [-0.4, -0.2) is 79.9 Å². The van der Waals surface area contributed by atoms with Crippen molar-refractivity contribution in [3.8, 4) is 0 Å². The van der Waals surface area contributed by atoms with Crippen molar-refractivity contribution in [3.63, 3.8) is 0 Å². The third kappa shape index (κ3) is 5.94. The summed E-state index contributed by atoms with van der Waals surface area (Å²) in [5.74, 6) is -2.07. The summed E-state index contributed by atoms with van der Waals surface area (Å²) in [5.41, 5.74) is 1.03. The number of carbonyl (C=O) groups is 3. The fraction of sp³-hybridized carbons (Fsp3) is 0.364. The molecule has 4 amide bonds. The van der Waals surface area contributed by atoms with E-state index in [4.69, 9.17) is 9.57 Å². The Morgan fingerprint density at radius 3 is 2.64 bits per heavy atom. The number of carbonyl (C=O) groups excluding carboxylic acids is 3. The van der Waals surface area contributed by atoms with E-state index in [1.54, 1.807) is 29.4 Å². The number of hydrogen-bond acceptors (Lipinski definition) is 7. The van der Waals surface area contributed by atoms with E-state index in [-0.39, 0.29) is 44.2 Å². The van der Waals surface area contributed by atoms with Crippen LogP contribution in [0.2, 0.25) is 0 Å². The molecule has 0 saturated carbocycles. The number of anilines is 3. The lowest BCUT2D eigenvalue weighted by molar-refractivity contribution is -0.132. The van der Waals surface area contributed by atoms with Gasteiger partial charge in [0.1, 0.15) is 11.9 Å². The summed E-state index contributed by atoms with van der Waals surface area (Å²) >= 11 is 0. The van der Waals surface area contributed by atoms with Gasteiger partial charge >= 0.3 is 18.5 Å². The predicted molar refractivity (Wildman–Crippen MR) is 121 cm³/mol. The summed E-state index contributed by atoms with van der Waals surface area (Å²) in [6, 6.07) is 6.99. The number of nitrogens with one attached hydrogen (secondary N) is 2. The van der Waals surface area contributed by atoms with Gasteiger partial charge in [-0.1, -0.05) is 0 Å². The Labute approximate surface area is 203 Å². The number of halogens is 3. The number of benzene rings is 1. The first kappa shape index (κ1) is 25.0. The molecule has 192 valence electrons. The number of amides is 4. The number of ether oxygens (including phenoxy) is 1. The van der Waals surface area contributed by atoms with Crippen molar-refractivity contribution in [2.24, 2.45) is 0 Å².